The summed E-state index contributed by atoms with van der Waals surface area (Å²) in [6, 6.07) is 29.1. The molecule has 168 valence electrons. The van der Waals surface area contributed by atoms with Crippen molar-refractivity contribution in [3.8, 4) is 5.69 Å². The molecule has 0 fully saturated rings. The molecule has 1 atom stereocenters. The third-order valence-corrected chi connectivity index (χ3v) is 9.09. The summed E-state index contributed by atoms with van der Waals surface area (Å²) in [6.45, 7) is 12.1. The summed E-state index contributed by atoms with van der Waals surface area (Å²) in [7, 11) is 0. The zero-order chi connectivity index (χ0) is 23.4. The van der Waals surface area contributed by atoms with Crippen molar-refractivity contribution in [1.29, 1.82) is 0 Å². The van der Waals surface area contributed by atoms with E-state index in [1.54, 1.807) is 0 Å². The van der Waals surface area contributed by atoms with Crippen LogP contribution < -0.4 is 0 Å². The molecule has 34 heavy (non-hydrogen) atoms. The number of aromatic amines is 1. The first-order chi connectivity index (χ1) is 16.3. The molecule has 0 radical (unpaired) electrons. The molecular weight excluding hydrogens is 412 g/mol. The molecule has 2 nitrogen and oxygen atoms in total. The first-order valence-electron chi connectivity index (χ1n) is 12.4. The van der Waals surface area contributed by atoms with Crippen molar-refractivity contribution in [2.45, 2.75) is 45.4 Å². The van der Waals surface area contributed by atoms with E-state index in [0.717, 1.165) is 0 Å². The summed E-state index contributed by atoms with van der Waals surface area (Å²) in [5.41, 5.74) is 9.47. The van der Waals surface area contributed by atoms with Crippen LogP contribution in [0.25, 0.3) is 49.3 Å². The number of H-pyrrole nitrogens is 1. The predicted octanol–water partition coefficient (Wildman–Crippen LogP) is 8.62. The van der Waals surface area contributed by atoms with Crippen molar-refractivity contribution >= 4 is 43.6 Å². The zero-order valence-electron chi connectivity index (χ0n) is 20.5. The van der Waals surface area contributed by atoms with Gasteiger partial charge in [-0.1, -0.05) is 83.1 Å². The molecule has 1 N–H and O–H groups in total. The lowest BCUT2D eigenvalue weighted by molar-refractivity contribution is 0.264. The van der Waals surface area contributed by atoms with E-state index < -0.39 is 0 Å². The van der Waals surface area contributed by atoms with Crippen LogP contribution in [0.3, 0.4) is 0 Å². The average molecular weight is 443 g/mol. The van der Waals surface area contributed by atoms with Crippen molar-refractivity contribution < 1.29 is 0 Å². The van der Waals surface area contributed by atoms with Gasteiger partial charge in [0.15, 0.2) is 0 Å². The fraction of sp³-hybridized carbons (Fsp3) is 0.250. The Morgan fingerprint density at radius 2 is 1.38 bits per heavy atom. The fourth-order valence-corrected chi connectivity index (χ4v) is 6.95. The maximum Gasteiger partial charge on any atom is 0.0549 e. The molecule has 1 aliphatic rings. The van der Waals surface area contributed by atoms with E-state index in [0.29, 0.717) is 5.92 Å². The molecule has 2 heteroatoms. The Morgan fingerprint density at radius 1 is 0.647 bits per heavy atom. The summed E-state index contributed by atoms with van der Waals surface area (Å²) >= 11 is 0. The summed E-state index contributed by atoms with van der Waals surface area (Å²) in [5.74, 6) is 0.546. The molecule has 4 aromatic carbocycles. The van der Waals surface area contributed by atoms with Crippen LogP contribution in [0.5, 0.6) is 0 Å². The first kappa shape index (κ1) is 19.9. The molecule has 0 saturated heterocycles. The van der Waals surface area contributed by atoms with Crippen LogP contribution in [0.15, 0.2) is 78.9 Å². The Morgan fingerprint density at radius 3 is 2.21 bits per heavy atom. The maximum absolute atomic E-state index is 3.65. The molecule has 0 saturated carbocycles. The third kappa shape index (κ3) is 2.26. The SMILES string of the molecule is CC1C(C)(C)c2cccc(-n3c4ccccc4c4c5c(ccc43)[nH]c3ccccc35)c2C1(C)C. The topological polar surface area (TPSA) is 20.7 Å². The number of rotatable bonds is 1. The van der Waals surface area contributed by atoms with Gasteiger partial charge in [0.2, 0.25) is 0 Å². The van der Waals surface area contributed by atoms with E-state index >= 15 is 0 Å². The number of aromatic nitrogens is 2. The molecule has 0 aliphatic heterocycles. The second-order valence-corrected chi connectivity index (χ2v) is 11.3. The number of fused-ring (bicyclic) bond motifs is 8. The van der Waals surface area contributed by atoms with Crippen LogP contribution in [-0.2, 0) is 10.8 Å². The highest BCUT2D eigenvalue weighted by Crippen LogP contribution is 2.56. The number of benzene rings is 4. The first-order valence-corrected chi connectivity index (χ1v) is 12.4. The monoisotopic (exact) mass is 442 g/mol. The van der Waals surface area contributed by atoms with Gasteiger partial charge in [-0.15, -0.1) is 0 Å². The van der Waals surface area contributed by atoms with Crippen molar-refractivity contribution in [3.63, 3.8) is 0 Å². The van der Waals surface area contributed by atoms with Gasteiger partial charge in [0, 0.05) is 32.6 Å². The lowest BCUT2D eigenvalue weighted by Crippen LogP contribution is -2.31. The Hall–Kier alpha value is -3.52. The highest BCUT2D eigenvalue weighted by molar-refractivity contribution is 6.28. The molecule has 0 amide bonds. The van der Waals surface area contributed by atoms with Gasteiger partial charge in [0.05, 0.1) is 16.7 Å². The quantitative estimate of drug-likeness (QED) is 0.263. The molecule has 0 spiro atoms. The molecule has 0 bridgehead atoms. The average Bonchev–Trinajstić information content (AvgIpc) is 3.42. The molecule has 2 aromatic heterocycles. The second kappa shape index (κ2) is 6.33. The molecule has 6 aromatic rings. The Balaban J connectivity index is 1.69. The van der Waals surface area contributed by atoms with Gasteiger partial charge in [0.25, 0.3) is 0 Å². The van der Waals surface area contributed by atoms with Gasteiger partial charge in [-0.05, 0) is 58.2 Å². The highest BCUT2D eigenvalue weighted by atomic mass is 15.0. The van der Waals surface area contributed by atoms with Crippen LogP contribution in [-0.4, -0.2) is 9.55 Å². The Kier molecular flexibility index (Phi) is 3.70. The van der Waals surface area contributed by atoms with E-state index in [4.69, 9.17) is 0 Å². The van der Waals surface area contributed by atoms with Crippen molar-refractivity contribution in [3.05, 3.63) is 90.0 Å². The van der Waals surface area contributed by atoms with Crippen molar-refractivity contribution in [2.75, 3.05) is 0 Å². The van der Waals surface area contributed by atoms with E-state index in [9.17, 15) is 0 Å². The number of hydrogen-bond donors (Lipinski definition) is 1. The highest BCUT2D eigenvalue weighted by Gasteiger charge is 2.49. The molecule has 1 unspecified atom stereocenters. The maximum atomic E-state index is 3.65. The van der Waals surface area contributed by atoms with Gasteiger partial charge in [-0.25, -0.2) is 0 Å². The molecule has 7 rings (SSSR count). The van der Waals surface area contributed by atoms with E-state index in [-0.39, 0.29) is 10.8 Å². The molecular formula is C32H30N2. The summed E-state index contributed by atoms with van der Waals surface area (Å²) in [4.78, 5) is 3.65. The van der Waals surface area contributed by atoms with Gasteiger partial charge in [0.1, 0.15) is 0 Å². The molecule has 1 aliphatic carbocycles. The van der Waals surface area contributed by atoms with Crippen LogP contribution >= 0.6 is 0 Å². The van der Waals surface area contributed by atoms with Crippen LogP contribution in [0.2, 0.25) is 0 Å². The van der Waals surface area contributed by atoms with Gasteiger partial charge in [-0.3, -0.25) is 0 Å². The summed E-state index contributed by atoms with van der Waals surface area (Å²) in [5, 5.41) is 5.27. The third-order valence-electron chi connectivity index (χ3n) is 9.09. The van der Waals surface area contributed by atoms with Gasteiger partial charge >= 0.3 is 0 Å². The smallest absolute Gasteiger partial charge is 0.0549 e. The molecule has 2 heterocycles. The van der Waals surface area contributed by atoms with Crippen molar-refractivity contribution in [1.82, 2.24) is 9.55 Å². The van der Waals surface area contributed by atoms with Crippen LogP contribution in [0.1, 0.15) is 45.7 Å². The summed E-state index contributed by atoms with van der Waals surface area (Å²) < 4.78 is 2.53. The largest absolute Gasteiger partial charge is 0.354 e. The minimum atomic E-state index is 0.0814. The number of nitrogens with one attached hydrogen (secondary N) is 1. The normalized spacial score (nSPS) is 18.9. The van der Waals surface area contributed by atoms with Gasteiger partial charge < -0.3 is 9.55 Å². The Bertz CT molecular complexity index is 1770. The zero-order valence-corrected chi connectivity index (χ0v) is 20.5. The minimum Gasteiger partial charge on any atom is -0.354 e. The van der Waals surface area contributed by atoms with E-state index in [2.05, 4.69) is 123 Å². The van der Waals surface area contributed by atoms with Crippen LogP contribution in [0.4, 0.5) is 0 Å². The summed E-state index contributed by atoms with van der Waals surface area (Å²) in [6.07, 6.45) is 0. The second-order valence-electron chi connectivity index (χ2n) is 11.3. The number of hydrogen-bond acceptors (Lipinski definition) is 0. The van der Waals surface area contributed by atoms with Crippen LogP contribution in [0, 0.1) is 5.92 Å². The lowest BCUT2D eigenvalue weighted by Gasteiger charge is -2.33. The van der Waals surface area contributed by atoms with Crippen molar-refractivity contribution in [2.24, 2.45) is 5.92 Å². The van der Waals surface area contributed by atoms with E-state index in [1.807, 2.05) is 0 Å². The van der Waals surface area contributed by atoms with Gasteiger partial charge in [-0.2, -0.15) is 0 Å². The van der Waals surface area contributed by atoms with E-state index in [1.165, 1.54) is 60.4 Å². The minimum absolute atomic E-state index is 0.0814. The predicted molar refractivity (Wildman–Crippen MR) is 145 cm³/mol. The lowest BCUT2D eigenvalue weighted by atomic mass is 9.71. The number of para-hydroxylation sites is 2. The number of nitrogens with zero attached hydrogens (tertiary/aromatic N) is 1. The Labute approximate surface area is 200 Å². The fourth-order valence-electron chi connectivity index (χ4n) is 6.95. The standard InChI is InChI=1S/C32H30N2/c1-19-31(2,3)22-13-10-16-27(30(22)32(19,4)5)34-25-15-9-7-12-21(25)29-26(34)18-17-24-28(29)20-11-6-8-14-23(20)33-24/h6-19,33H,1-5H3.